The number of hydrogen-bond donors (Lipinski definition) is 0. The number of benzene rings is 3. The summed E-state index contributed by atoms with van der Waals surface area (Å²) in [4.78, 5) is 7.15. The van der Waals surface area contributed by atoms with Gasteiger partial charge in [0, 0.05) is 30.2 Å². The predicted octanol–water partition coefficient (Wildman–Crippen LogP) is 3.96. The lowest BCUT2D eigenvalue weighted by molar-refractivity contribution is 0.614. The van der Waals surface area contributed by atoms with Gasteiger partial charge in [0.05, 0.1) is 6.07 Å². The maximum absolute atomic E-state index is 6.30. The Bertz CT molecular complexity index is 1140. The van der Waals surface area contributed by atoms with Gasteiger partial charge in [-0.25, -0.2) is 9.56 Å². The van der Waals surface area contributed by atoms with Crippen molar-refractivity contribution in [1.29, 1.82) is 0 Å². The Labute approximate surface area is 153 Å². The summed E-state index contributed by atoms with van der Waals surface area (Å²) in [5.74, 6) is 0.809. The summed E-state index contributed by atoms with van der Waals surface area (Å²) in [6.45, 7) is 6.36. The molecule has 0 bridgehead atoms. The second-order valence-corrected chi connectivity index (χ2v) is 6.75. The van der Waals surface area contributed by atoms with Crippen molar-refractivity contribution >= 4 is 27.6 Å². The molecule has 0 unspecified atom stereocenters. The van der Waals surface area contributed by atoms with E-state index < -0.39 is 0 Å². The molecule has 132 valence electrons. The van der Waals surface area contributed by atoms with Crippen molar-refractivity contribution in [2.24, 2.45) is 0 Å². The van der Waals surface area contributed by atoms with Crippen LogP contribution in [0.3, 0.4) is 0 Å². The lowest BCUT2D eigenvalue weighted by atomic mass is 10.1. The topological polar surface area (TPSA) is 32.3 Å². The minimum atomic E-state index is 0.809. The van der Waals surface area contributed by atoms with E-state index in [4.69, 9.17) is 9.40 Å². The van der Waals surface area contributed by atoms with Crippen LogP contribution in [0.2, 0.25) is 0 Å². The van der Waals surface area contributed by atoms with E-state index in [1.54, 1.807) is 0 Å². The molecule has 0 amide bonds. The molecule has 0 N–H and O–H groups in total. The third-order valence-corrected chi connectivity index (χ3v) is 4.97. The largest absolute Gasteiger partial charge is 0.452 e. The van der Waals surface area contributed by atoms with Crippen LogP contribution in [0.5, 0.6) is 0 Å². The molecule has 2 aromatic carbocycles. The van der Waals surface area contributed by atoms with E-state index in [-0.39, 0.29) is 0 Å². The van der Waals surface area contributed by atoms with Crippen LogP contribution < -0.4 is 14.8 Å². The Morgan fingerprint density at radius 2 is 1.77 bits per heavy atom. The molecule has 1 heterocycles. The van der Waals surface area contributed by atoms with E-state index in [2.05, 4.69) is 53.7 Å². The first-order valence-electron chi connectivity index (χ1n) is 9.13. The molecule has 4 heteroatoms. The minimum Gasteiger partial charge on any atom is -0.452 e. The summed E-state index contributed by atoms with van der Waals surface area (Å²) in [5, 5.41) is 3.38. The molecule has 0 saturated carbocycles. The van der Waals surface area contributed by atoms with Gasteiger partial charge in [0.2, 0.25) is 5.36 Å². The molecule has 0 atom stereocenters. The van der Waals surface area contributed by atoms with Crippen LogP contribution in [0.25, 0.3) is 33.3 Å². The smallest absolute Gasteiger partial charge is 0.203 e. The first kappa shape index (κ1) is 16.6. The fourth-order valence-electron chi connectivity index (χ4n) is 3.45. The van der Waals surface area contributed by atoms with Crippen molar-refractivity contribution in [2.45, 2.75) is 13.8 Å². The van der Waals surface area contributed by atoms with Crippen LogP contribution in [-0.2, 0) is 0 Å². The maximum atomic E-state index is 6.30. The monoisotopic (exact) mass is 346 g/mol. The van der Waals surface area contributed by atoms with Crippen LogP contribution in [-0.4, -0.2) is 32.2 Å². The Hall–Kier alpha value is -2.88. The van der Waals surface area contributed by atoms with Crippen molar-refractivity contribution in [3.8, 4) is 11.5 Å². The van der Waals surface area contributed by atoms with Crippen molar-refractivity contribution in [2.75, 3.05) is 32.1 Å². The van der Waals surface area contributed by atoms with Gasteiger partial charge in [0.15, 0.2) is 11.3 Å². The molecule has 2 aromatic rings. The molecular weight excluding hydrogens is 322 g/mol. The first-order chi connectivity index (χ1) is 12.6. The molecule has 0 spiro atoms. The van der Waals surface area contributed by atoms with E-state index in [9.17, 15) is 0 Å². The Kier molecular flexibility index (Phi) is 4.11. The van der Waals surface area contributed by atoms with Gasteiger partial charge in [0.1, 0.15) is 25.3 Å². The molecule has 0 saturated heterocycles. The summed E-state index contributed by atoms with van der Waals surface area (Å²) in [7, 11) is 4.06. The van der Waals surface area contributed by atoms with Gasteiger partial charge in [0.25, 0.3) is 0 Å². The molecule has 26 heavy (non-hydrogen) atoms. The molecule has 0 radical (unpaired) electrons. The first-order valence-corrected chi connectivity index (χ1v) is 9.13. The fourth-order valence-corrected chi connectivity index (χ4v) is 3.45. The molecule has 1 aliphatic carbocycles. The zero-order valence-corrected chi connectivity index (χ0v) is 15.8. The number of hydrogen-bond acceptors (Lipinski definition) is 3. The summed E-state index contributed by atoms with van der Waals surface area (Å²) in [5.41, 5.74) is 3.85. The Morgan fingerprint density at radius 1 is 0.962 bits per heavy atom. The minimum absolute atomic E-state index is 0.809. The quantitative estimate of drug-likeness (QED) is 0.320. The highest BCUT2D eigenvalue weighted by Crippen LogP contribution is 2.31. The van der Waals surface area contributed by atoms with E-state index in [0.717, 1.165) is 46.4 Å². The maximum Gasteiger partial charge on any atom is 0.203 e. The van der Waals surface area contributed by atoms with E-state index in [1.807, 2.05) is 32.3 Å². The zero-order valence-electron chi connectivity index (χ0n) is 15.8. The van der Waals surface area contributed by atoms with Crippen LogP contribution in [0.1, 0.15) is 13.8 Å². The van der Waals surface area contributed by atoms with Crippen LogP contribution >= 0.6 is 0 Å². The standard InChI is InChI=1S/C22H24N3O/c1-5-25(6-2)17-8-10-18-15(13-17)7-11-20-22(18)26-21-14-16(24(3)4)9-12-19(21)23-20/h7-14H,5-6H2,1-4H3/q+1. The molecule has 1 aliphatic heterocycles. The molecule has 0 aromatic heterocycles. The number of nitrogens with zero attached hydrogens (tertiary/aromatic N) is 3. The normalized spacial score (nSPS) is 11.4. The van der Waals surface area contributed by atoms with Gasteiger partial charge < -0.3 is 9.32 Å². The summed E-state index contributed by atoms with van der Waals surface area (Å²) in [6.07, 6.45) is 0. The number of anilines is 1. The van der Waals surface area contributed by atoms with Crippen LogP contribution in [0, 0.1) is 0 Å². The summed E-state index contributed by atoms with van der Waals surface area (Å²) >= 11 is 0. The van der Waals surface area contributed by atoms with Crippen molar-refractivity contribution in [3.05, 3.63) is 53.9 Å². The summed E-state index contributed by atoms with van der Waals surface area (Å²) in [6, 6.07) is 16.9. The second kappa shape index (κ2) is 6.45. The van der Waals surface area contributed by atoms with Crippen molar-refractivity contribution < 1.29 is 4.42 Å². The van der Waals surface area contributed by atoms with Gasteiger partial charge in [-0.15, -0.1) is 0 Å². The van der Waals surface area contributed by atoms with Crippen molar-refractivity contribution in [1.82, 2.24) is 9.56 Å². The highest BCUT2D eigenvalue weighted by atomic mass is 16.3. The third kappa shape index (κ3) is 2.71. The highest BCUT2D eigenvalue weighted by molar-refractivity contribution is 6.04. The van der Waals surface area contributed by atoms with Crippen LogP contribution in [0.4, 0.5) is 5.69 Å². The third-order valence-electron chi connectivity index (χ3n) is 4.97. The Morgan fingerprint density at radius 3 is 2.50 bits per heavy atom. The van der Waals surface area contributed by atoms with Gasteiger partial charge >= 0.3 is 0 Å². The predicted molar refractivity (Wildman–Crippen MR) is 109 cm³/mol. The molecule has 4 rings (SSSR count). The fraction of sp³-hybridized carbons (Fsp3) is 0.273. The average Bonchev–Trinajstić information content (AvgIpc) is 2.66. The van der Waals surface area contributed by atoms with E-state index >= 15 is 0 Å². The van der Waals surface area contributed by atoms with E-state index in [1.165, 1.54) is 11.1 Å². The van der Waals surface area contributed by atoms with E-state index in [0.29, 0.717) is 0 Å². The highest BCUT2D eigenvalue weighted by Gasteiger charge is 2.13. The van der Waals surface area contributed by atoms with Crippen LogP contribution in [0.15, 0.2) is 52.9 Å². The lowest BCUT2D eigenvalue weighted by Crippen LogP contribution is -2.21. The van der Waals surface area contributed by atoms with Crippen molar-refractivity contribution in [3.63, 3.8) is 0 Å². The summed E-state index contributed by atoms with van der Waals surface area (Å²) < 4.78 is 8.37. The van der Waals surface area contributed by atoms with Gasteiger partial charge in [-0.1, -0.05) is 6.07 Å². The number of aromatic nitrogens is 1. The zero-order chi connectivity index (χ0) is 18.3. The molecule has 4 nitrogen and oxygen atoms in total. The van der Waals surface area contributed by atoms with Gasteiger partial charge in [-0.3, -0.25) is 0 Å². The number of fused-ring (bicyclic) bond motifs is 4. The lowest BCUT2D eigenvalue weighted by Gasteiger charge is -2.21. The second-order valence-electron chi connectivity index (χ2n) is 6.75. The SMILES string of the molecule is CCN(CC)c1ccc2c(ccc3nc4ccc(=[N+](C)C)cc-4oc32)c1. The molecule has 2 aliphatic rings. The Balaban J connectivity index is 1.99. The molecule has 0 fully saturated rings. The number of rotatable bonds is 3. The molecular formula is C22H24N3O+. The van der Waals surface area contributed by atoms with Gasteiger partial charge in [-0.2, -0.15) is 0 Å². The van der Waals surface area contributed by atoms with Gasteiger partial charge in [-0.05, 0) is 49.6 Å². The average molecular weight is 346 g/mol.